The molecule has 0 amide bonds. The van der Waals surface area contributed by atoms with Crippen molar-refractivity contribution in [3.8, 4) is 22.9 Å². The average molecular weight is 407 g/mol. The molecule has 7 nitrogen and oxygen atoms in total. The van der Waals surface area contributed by atoms with Gasteiger partial charge >= 0.3 is 0 Å². The lowest BCUT2D eigenvalue weighted by atomic mass is 10.2. The van der Waals surface area contributed by atoms with Gasteiger partial charge in [0, 0.05) is 22.6 Å². The van der Waals surface area contributed by atoms with Crippen molar-refractivity contribution in [2.24, 2.45) is 0 Å². The van der Waals surface area contributed by atoms with Crippen LogP contribution in [0.15, 0.2) is 70.5 Å². The molecule has 1 heterocycles. The molecule has 29 heavy (non-hydrogen) atoms. The number of aromatic amines is 1. The largest absolute Gasteiger partial charge is 0.497 e. The van der Waals surface area contributed by atoms with Gasteiger partial charge in [-0.15, -0.1) is 0 Å². The van der Waals surface area contributed by atoms with Gasteiger partial charge in [0.1, 0.15) is 17.3 Å². The lowest BCUT2D eigenvalue weighted by Crippen LogP contribution is -1.93. The molecule has 4 aromatic rings. The highest BCUT2D eigenvalue weighted by atomic mass is 32.2. The number of H-pyrrole nitrogens is 1. The first-order valence-electron chi connectivity index (χ1n) is 8.72. The number of benzene rings is 3. The SMILES string of the molecule is COc1ccc(OC)c(Sc2ccc([N+](=O)[O-])cc2-c2nc3ccccc3[nH]2)c1. The Labute approximate surface area is 170 Å². The molecule has 0 aliphatic rings. The Balaban J connectivity index is 1.84. The molecular weight excluding hydrogens is 390 g/mol. The summed E-state index contributed by atoms with van der Waals surface area (Å²) in [4.78, 5) is 20.4. The normalized spacial score (nSPS) is 10.8. The van der Waals surface area contributed by atoms with Crippen molar-refractivity contribution >= 4 is 28.5 Å². The van der Waals surface area contributed by atoms with E-state index in [0.717, 1.165) is 20.8 Å². The second-order valence-corrected chi connectivity index (χ2v) is 7.24. The number of hydrogen-bond acceptors (Lipinski definition) is 6. The number of nitro benzene ring substituents is 1. The van der Waals surface area contributed by atoms with E-state index in [1.807, 2.05) is 42.5 Å². The maximum absolute atomic E-state index is 11.3. The molecule has 3 aromatic carbocycles. The van der Waals surface area contributed by atoms with Crippen molar-refractivity contribution in [1.82, 2.24) is 9.97 Å². The van der Waals surface area contributed by atoms with Crippen LogP contribution < -0.4 is 9.47 Å². The van der Waals surface area contributed by atoms with E-state index in [4.69, 9.17) is 9.47 Å². The van der Waals surface area contributed by atoms with Gasteiger partial charge in [-0.25, -0.2) is 4.98 Å². The standard InChI is InChI=1S/C21H17N3O4S/c1-27-14-8-9-18(28-2)20(12-14)29-19-10-7-13(24(25)26)11-15(19)21-22-16-5-3-4-6-17(16)23-21/h3-12H,1-2H3,(H,22,23). The summed E-state index contributed by atoms with van der Waals surface area (Å²) in [6.07, 6.45) is 0. The summed E-state index contributed by atoms with van der Waals surface area (Å²) in [5.41, 5.74) is 2.31. The minimum absolute atomic E-state index is 0.00223. The molecule has 0 fully saturated rings. The summed E-state index contributed by atoms with van der Waals surface area (Å²) in [6, 6.07) is 17.9. The molecule has 4 rings (SSSR count). The van der Waals surface area contributed by atoms with Gasteiger partial charge in [-0.2, -0.15) is 0 Å². The summed E-state index contributed by atoms with van der Waals surface area (Å²) in [7, 11) is 3.20. The van der Waals surface area contributed by atoms with E-state index in [1.165, 1.54) is 23.9 Å². The summed E-state index contributed by atoms with van der Waals surface area (Å²) < 4.78 is 10.8. The van der Waals surface area contributed by atoms with Gasteiger partial charge in [0.25, 0.3) is 5.69 Å². The molecule has 0 spiro atoms. The zero-order valence-electron chi connectivity index (χ0n) is 15.7. The molecule has 1 aromatic heterocycles. The van der Waals surface area contributed by atoms with Crippen LogP contribution >= 0.6 is 11.8 Å². The average Bonchev–Trinajstić information content (AvgIpc) is 3.17. The van der Waals surface area contributed by atoms with Gasteiger partial charge in [0.05, 0.1) is 35.1 Å². The second kappa shape index (κ2) is 7.84. The fraction of sp³-hybridized carbons (Fsp3) is 0.0952. The molecule has 0 unspecified atom stereocenters. The number of para-hydroxylation sites is 2. The van der Waals surface area contributed by atoms with Gasteiger partial charge in [-0.3, -0.25) is 10.1 Å². The Morgan fingerprint density at radius 1 is 1.00 bits per heavy atom. The lowest BCUT2D eigenvalue weighted by Gasteiger charge is -2.12. The Morgan fingerprint density at radius 3 is 2.55 bits per heavy atom. The van der Waals surface area contributed by atoms with Gasteiger partial charge in [-0.05, 0) is 36.4 Å². The highest BCUT2D eigenvalue weighted by Gasteiger charge is 2.18. The predicted octanol–water partition coefficient (Wildman–Crippen LogP) is 5.31. The molecule has 0 saturated carbocycles. The molecule has 0 saturated heterocycles. The van der Waals surface area contributed by atoms with Crippen LogP contribution in [-0.2, 0) is 0 Å². The number of nitrogens with zero attached hydrogens (tertiary/aromatic N) is 2. The van der Waals surface area contributed by atoms with Crippen LogP contribution in [0, 0.1) is 10.1 Å². The molecule has 0 aliphatic heterocycles. The number of nitrogens with one attached hydrogen (secondary N) is 1. The highest BCUT2D eigenvalue weighted by molar-refractivity contribution is 7.99. The van der Waals surface area contributed by atoms with E-state index in [-0.39, 0.29) is 5.69 Å². The van der Waals surface area contributed by atoms with Gasteiger partial charge in [0.15, 0.2) is 0 Å². The van der Waals surface area contributed by atoms with Crippen LogP contribution in [0.1, 0.15) is 0 Å². The fourth-order valence-electron chi connectivity index (χ4n) is 2.97. The molecule has 1 N–H and O–H groups in total. The van der Waals surface area contributed by atoms with E-state index in [2.05, 4.69) is 9.97 Å². The zero-order valence-corrected chi connectivity index (χ0v) is 16.5. The molecule has 146 valence electrons. The van der Waals surface area contributed by atoms with Crippen molar-refractivity contribution in [2.45, 2.75) is 9.79 Å². The summed E-state index contributed by atoms with van der Waals surface area (Å²) in [5, 5.41) is 11.3. The first-order chi connectivity index (χ1) is 14.1. The first kappa shape index (κ1) is 18.8. The predicted molar refractivity (Wildman–Crippen MR) is 112 cm³/mol. The van der Waals surface area contributed by atoms with E-state index < -0.39 is 4.92 Å². The summed E-state index contributed by atoms with van der Waals surface area (Å²) >= 11 is 1.43. The maximum atomic E-state index is 11.3. The maximum Gasteiger partial charge on any atom is 0.270 e. The van der Waals surface area contributed by atoms with Crippen molar-refractivity contribution < 1.29 is 14.4 Å². The van der Waals surface area contributed by atoms with Gasteiger partial charge < -0.3 is 14.5 Å². The number of aromatic nitrogens is 2. The molecule has 8 heteroatoms. The highest BCUT2D eigenvalue weighted by Crippen LogP contribution is 2.42. The lowest BCUT2D eigenvalue weighted by molar-refractivity contribution is -0.384. The number of methoxy groups -OCH3 is 2. The van der Waals surface area contributed by atoms with Crippen LogP contribution in [0.3, 0.4) is 0 Å². The van der Waals surface area contributed by atoms with Gasteiger partial charge in [0.2, 0.25) is 0 Å². The van der Waals surface area contributed by atoms with E-state index in [1.54, 1.807) is 20.3 Å². The molecule has 0 aliphatic carbocycles. The van der Waals surface area contributed by atoms with Crippen molar-refractivity contribution in [2.75, 3.05) is 14.2 Å². The monoisotopic (exact) mass is 407 g/mol. The van der Waals surface area contributed by atoms with E-state index in [9.17, 15) is 10.1 Å². The van der Waals surface area contributed by atoms with Crippen LogP contribution in [0.5, 0.6) is 11.5 Å². The quantitative estimate of drug-likeness (QED) is 0.344. The molecule has 0 atom stereocenters. The van der Waals surface area contributed by atoms with Crippen LogP contribution in [0.4, 0.5) is 5.69 Å². The first-order valence-corrected chi connectivity index (χ1v) is 9.54. The zero-order chi connectivity index (χ0) is 20.4. The topological polar surface area (TPSA) is 90.3 Å². The number of imidazole rings is 1. The number of fused-ring (bicyclic) bond motifs is 1. The molecular formula is C21H17N3O4S. The third kappa shape index (κ3) is 3.74. The Kier molecular flexibility index (Phi) is 5.09. The molecule has 0 radical (unpaired) electrons. The van der Waals surface area contributed by atoms with Crippen molar-refractivity contribution in [3.05, 3.63) is 70.8 Å². The summed E-state index contributed by atoms with van der Waals surface area (Å²) in [6.45, 7) is 0. The number of hydrogen-bond donors (Lipinski definition) is 1. The minimum Gasteiger partial charge on any atom is -0.497 e. The van der Waals surface area contributed by atoms with Crippen molar-refractivity contribution in [1.29, 1.82) is 0 Å². The van der Waals surface area contributed by atoms with Crippen LogP contribution in [0.25, 0.3) is 22.4 Å². The molecule has 0 bridgehead atoms. The Morgan fingerprint density at radius 2 is 1.83 bits per heavy atom. The van der Waals surface area contributed by atoms with Crippen LogP contribution in [-0.4, -0.2) is 29.1 Å². The van der Waals surface area contributed by atoms with Crippen LogP contribution in [0.2, 0.25) is 0 Å². The smallest absolute Gasteiger partial charge is 0.270 e. The number of nitro groups is 1. The summed E-state index contributed by atoms with van der Waals surface area (Å²) in [5.74, 6) is 1.95. The van der Waals surface area contributed by atoms with E-state index >= 15 is 0 Å². The third-order valence-electron chi connectivity index (χ3n) is 4.41. The minimum atomic E-state index is -0.410. The fourth-order valence-corrected chi connectivity index (χ4v) is 4.03. The Bertz CT molecular complexity index is 1170. The van der Waals surface area contributed by atoms with Gasteiger partial charge in [-0.1, -0.05) is 23.9 Å². The number of non-ortho nitro benzene ring substituents is 1. The van der Waals surface area contributed by atoms with E-state index in [0.29, 0.717) is 22.9 Å². The van der Waals surface area contributed by atoms with Crippen molar-refractivity contribution in [3.63, 3.8) is 0 Å². The second-order valence-electron chi connectivity index (χ2n) is 6.16. The number of rotatable bonds is 6. The number of ether oxygens (including phenoxy) is 2. The Hall–Kier alpha value is -3.52. The third-order valence-corrected chi connectivity index (χ3v) is 5.52.